The number of carbonyl (C=O) groups excluding carboxylic acids is 2. The quantitative estimate of drug-likeness (QED) is 0.824. The summed E-state index contributed by atoms with van der Waals surface area (Å²) in [6, 6.07) is 6.50. The summed E-state index contributed by atoms with van der Waals surface area (Å²) in [6.07, 6.45) is 6.36. The summed E-state index contributed by atoms with van der Waals surface area (Å²) in [5.74, 6) is -0.646. The molecule has 0 saturated heterocycles. The largest absolute Gasteiger partial charge is 0.368 e. The molecule has 0 heterocycles. The average Bonchev–Trinajstić information content (AvgIpc) is 2.95. The van der Waals surface area contributed by atoms with Crippen molar-refractivity contribution in [2.75, 3.05) is 6.26 Å². The van der Waals surface area contributed by atoms with Gasteiger partial charge < -0.3 is 11.1 Å². The van der Waals surface area contributed by atoms with Gasteiger partial charge in [0.1, 0.15) is 5.54 Å². The Kier molecular flexibility index (Phi) is 4.39. The van der Waals surface area contributed by atoms with E-state index in [-0.39, 0.29) is 10.8 Å². The van der Waals surface area contributed by atoms with Crippen LogP contribution in [0.1, 0.15) is 50.5 Å². The van der Waals surface area contributed by atoms with Crippen LogP contribution in [0.5, 0.6) is 0 Å². The zero-order chi connectivity index (χ0) is 18.3. The molecule has 0 aromatic heterocycles. The highest BCUT2D eigenvalue weighted by Crippen LogP contribution is 2.45. The predicted octanol–water partition coefficient (Wildman–Crippen LogP) is 1.43. The van der Waals surface area contributed by atoms with E-state index in [0.29, 0.717) is 25.7 Å². The molecule has 3 rings (SSSR count). The Morgan fingerprint density at radius 3 is 1.96 bits per heavy atom. The van der Waals surface area contributed by atoms with Crippen LogP contribution in [0.15, 0.2) is 29.2 Å². The van der Waals surface area contributed by atoms with Crippen LogP contribution >= 0.6 is 0 Å². The summed E-state index contributed by atoms with van der Waals surface area (Å²) in [7, 11) is -3.28. The molecular weight excluding hydrogens is 340 g/mol. The molecule has 0 spiro atoms. The van der Waals surface area contributed by atoms with E-state index in [1.165, 1.54) is 12.1 Å². The molecule has 0 radical (unpaired) electrons. The van der Waals surface area contributed by atoms with Crippen molar-refractivity contribution in [2.45, 2.75) is 60.8 Å². The SMILES string of the molecule is CS(=O)(=O)c1ccc(C2(C(=O)NC3(C(N)=O)CCCC3)CCC2)cc1. The fourth-order valence-corrected chi connectivity index (χ4v) is 4.58. The van der Waals surface area contributed by atoms with Crippen LogP contribution in [-0.2, 0) is 24.8 Å². The molecule has 2 fully saturated rings. The van der Waals surface area contributed by atoms with E-state index >= 15 is 0 Å². The molecule has 0 bridgehead atoms. The summed E-state index contributed by atoms with van der Waals surface area (Å²) in [6.45, 7) is 0. The molecule has 6 nitrogen and oxygen atoms in total. The molecule has 1 aromatic carbocycles. The van der Waals surface area contributed by atoms with E-state index in [4.69, 9.17) is 5.73 Å². The molecule has 2 aliphatic carbocycles. The van der Waals surface area contributed by atoms with E-state index in [2.05, 4.69) is 5.32 Å². The number of hydrogen-bond donors (Lipinski definition) is 2. The Labute approximate surface area is 148 Å². The van der Waals surface area contributed by atoms with Crippen molar-refractivity contribution in [1.82, 2.24) is 5.32 Å². The van der Waals surface area contributed by atoms with E-state index in [1.807, 2.05) is 0 Å². The highest BCUT2D eigenvalue weighted by molar-refractivity contribution is 7.90. The first-order valence-electron chi connectivity index (χ1n) is 8.63. The first kappa shape index (κ1) is 17.9. The molecule has 1 aromatic rings. The molecule has 2 amide bonds. The zero-order valence-corrected chi connectivity index (χ0v) is 15.2. The Bertz CT molecular complexity index is 789. The van der Waals surface area contributed by atoms with E-state index < -0.39 is 26.7 Å². The lowest BCUT2D eigenvalue weighted by Gasteiger charge is -2.43. The smallest absolute Gasteiger partial charge is 0.243 e. The lowest BCUT2D eigenvalue weighted by Crippen LogP contribution is -2.61. The molecule has 7 heteroatoms. The summed E-state index contributed by atoms with van der Waals surface area (Å²) in [5.41, 5.74) is 4.73. The topological polar surface area (TPSA) is 106 Å². The third-order valence-corrected chi connectivity index (χ3v) is 6.89. The highest BCUT2D eigenvalue weighted by atomic mass is 32.2. The van der Waals surface area contributed by atoms with Gasteiger partial charge in [-0.05, 0) is 43.4 Å². The Morgan fingerprint density at radius 1 is 1.00 bits per heavy atom. The normalized spacial score (nSPS) is 21.3. The van der Waals surface area contributed by atoms with Crippen LogP contribution in [0.2, 0.25) is 0 Å². The van der Waals surface area contributed by atoms with Gasteiger partial charge in [-0.2, -0.15) is 0 Å². The minimum absolute atomic E-state index is 0.174. The Balaban J connectivity index is 1.88. The van der Waals surface area contributed by atoms with Crippen LogP contribution in [0.4, 0.5) is 0 Å². The minimum Gasteiger partial charge on any atom is -0.368 e. The molecular formula is C18H24N2O4S. The van der Waals surface area contributed by atoms with Crippen LogP contribution in [0.3, 0.4) is 0 Å². The number of sulfone groups is 1. The van der Waals surface area contributed by atoms with Gasteiger partial charge in [-0.1, -0.05) is 31.4 Å². The second-order valence-corrected chi connectivity index (χ2v) is 9.36. The fourth-order valence-electron chi connectivity index (χ4n) is 3.95. The molecule has 2 saturated carbocycles. The van der Waals surface area contributed by atoms with Crippen LogP contribution in [0.25, 0.3) is 0 Å². The number of nitrogens with one attached hydrogen (secondary N) is 1. The van der Waals surface area contributed by atoms with Crippen LogP contribution in [0, 0.1) is 0 Å². The first-order chi connectivity index (χ1) is 11.7. The minimum atomic E-state index is -3.28. The van der Waals surface area contributed by atoms with Gasteiger partial charge in [-0.3, -0.25) is 9.59 Å². The van der Waals surface area contributed by atoms with Gasteiger partial charge in [0.2, 0.25) is 11.8 Å². The molecule has 0 unspecified atom stereocenters. The van der Waals surface area contributed by atoms with Crippen molar-refractivity contribution in [3.8, 4) is 0 Å². The number of nitrogens with two attached hydrogens (primary N) is 1. The summed E-state index contributed by atoms with van der Waals surface area (Å²) < 4.78 is 23.3. The molecule has 2 aliphatic rings. The lowest BCUT2D eigenvalue weighted by atomic mass is 9.63. The maximum Gasteiger partial charge on any atom is 0.243 e. The van der Waals surface area contributed by atoms with Gasteiger partial charge >= 0.3 is 0 Å². The molecule has 3 N–H and O–H groups in total. The monoisotopic (exact) mass is 364 g/mol. The molecule has 0 atom stereocenters. The van der Waals surface area contributed by atoms with E-state index in [9.17, 15) is 18.0 Å². The van der Waals surface area contributed by atoms with Crippen molar-refractivity contribution in [1.29, 1.82) is 0 Å². The van der Waals surface area contributed by atoms with Crippen molar-refractivity contribution >= 4 is 21.7 Å². The third-order valence-electron chi connectivity index (χ3n) is 5.76. The summed E-state index contributed by atoms with van der Waals surface area (Å²) in [4.78, 5) is 25.2. The van der Waals surface area contributed by atoms with Gasteiger partial charge in [0.25, 0.3) is 0 Å². The predicted molar refractivity (Wildman–Crippen MR) is 93.6 cm³/mol. The van der Waals surface area contributed by atoms with Crippen molar-refractivity contribution in [3.05, 3.63) is 29.8 Å². The molecule has 0 aliphatic heterocycles. The zero-order valence-electron chi connectivity index (χ0n) is 14.4. The van der Waals surface area contributed by atoms with E-state index in [1.54, 1.807) is 12.1 Å². The number of hydrogen-bond acceptors (Lipinski definition) is 4. The second kappa shape index (κ2) is 6.12. The number of benzene rings is 1. The number of amides is 2. The van der Waals surface area contributed by atoms with Crippen LogP contribution < -0.4 is 11.1 Å². The summed E-state index contributed by atoms with van der Waals surface area (Å²) >= 11 is 0. The van der Waals surface area contributed by atoms with Gasteiger partial charge in [0, 0.05) is 6.26 Å². The Morgan fingerprint density at radius 2 is 1.56 bits per heavy atom. The van der Waals surface area contributed by atoms with Gasteiger partial charge in [-0.15, -0.1) is 0 Å². The maximum absolute atomic E-state index is 13.1. The summed E-state index contributed by atoms with van der Waals surface area (Å²) in [5, 5.41) is 2.95. The van der Waals surface area contributed by atoms with Gasteiger partial charge in [-0.25, -0.2) is 8.42 Å². The van der Waals surface area contributed by atoms with Crippen molar-refractivity contribution < 1.29 is 18.0 Å². The van der Waals surface area contributed by atoms with E-state index in [0.717, 1.165) is 31.1 Å². The number of carbonyl (C=O) groups is 2. The van der Waals surface area contributed by atoms with Crippen molar-refractivity contribution in [2.24, 2.45) is 5.73 Å². The number of primary amides is 1. The first-order valence-corrected chi connectivity index (χ1v) is 10.5. The second-order valence-electron chi connectivity index (χ2n) is 7.34. The average molecular weight is 364 g/mol. The molecule has 136 valence electrons. The third kappa shape index (κ3) is 3.05. The lowest BCUT2D eigenvalue weighted by molar-refractivity contribution is -0.137. The maximum atomic E-state index is 13.1. The van der Waals surface area contributed by atoms with Crippen LogP contribution in [-0.4, -0.2) is 32.0 Å². The fraction of sp³-hybridized carbons (Fsp3) is 0.556. The van der Waals surface area contributed by atoms with Gasteiger partial charge in [0.05, 0.1) is 10.3 Å². The number of rotatable bonds is 5. The molecule has 25 heavy (non-hydrogen) atoms. The highest BCUT2D eigenvalue weighted by Gasteiger charge is 2.50. The van der Waals surface area contributed by atoms with Crippen molar-refractivity contribution in [3.63, 3.8) is 0 Å². The Hall–Kier alpha value is -1.89. The standard InChI is InChI=1S/C18H24N2O4S/c1-25(23,24)14-7-5-13(6-8-14)17(9-4-10-17)16(22)20-18(15(19)21)11-2-3-12-18/h5-8H,2-4,9-12H2,1H3,(H2,19,21)(H,20,22). The van der Waals surface area contributed by atoms with Gasteiger partial charge in [0.15, 0.2) is 9.84 Å².